The fourth-order valence-corrected chi connectivity index (χ4v) is 3.53. The molecule has 18 heavy (non-hydrogen) atoms. The summed E-state index contributed by atoms with van der Waals surface area (Å²) in [7, 11) is -3.46. The zero-order valence-electron chi connectivity index (χ0n) is 10.7. The highest BCUT2D eigenvalue weighted by atomic mass is 32.2. The predicted octanol–water partition coefficient (Wildman–Crippen LogP) is 2.64. The van der Waals surface area contributed by atoms with Gasteiger partial charge in [-0.3, -0.25) is 0 Å². The van der Waals surface area contributed by atoms with Crippen LogP contribution in [0.15, 0.2) is 29.2 Å². The lowest BCUT2D eigenvalue weighted by Crippen LogP contribution is -2.41. The van der Waals surface area contributed by atoms with Gasteiger partial charge in [0, 0.05) is 13.1 Å². The van der Waals surface area contributed by atoms with Crippen LogP contribution in [0.5, 0.6) is 0 Å². The smallest absolute Gasteiger partial charge is 0.207 e. The topological polar surface area (TPSA) is 37.4 Å². The van der Waals surface area contributed by atoms with Crippen molar-refractivity contribution in [2.24, 2.45) is 5.41 Å². The lowest BCUT2D eigenvalue weighted by atomic mass is 9.83. The summed E-state index contributed by atoms with van der Waals surface area (Å²) >= 11 is 0. The van der Waals surface area contributed by atoms with E-state index >= 15 is 0 Å². The summed E-state index contributed by atoms with van der Waals surface area (Å²) < 4.78 is 38.9. The van der Waals surface area contributed by atoms with Crippen molar-refractivity contribution in [1.29, 1.82) is 0 Å². The van der Waals surface area contributed by atoms with Crippen molar-refractivity contribution in [2.45, 2.75) is 31.6 Å². The fourth-order valence-electron chi connectivity index (χ4n) is 2.09. The van der Waals surface area contributed by atoms with Gasteiger partial charge in [0.15, 0.2) is 0 Å². The van der Waals surface area contributed by atoms with Crippen LogP contribution in [-0.2, 0) is 10.0 Å². The summed E-state index contributed by atoms with van der Waals surface area (Å²) in [6, 6.07) is 5.01. The third kappa shape index (κ3) is 2.72. The molecule has 3 nitrogen and oxygen atoms in total. The molecule has 0 aliphatic carbocycles. The highest BCUT2D eigenvalue weighted by Gasteiger charge is 2.32. The summed E-state index contributed by atoms with van der Waals surface area (Å²) in [6.07, 6.45) is 1.71. The first kappa shape index (κ1) is 13.5. The first-order valence-electron chi connectivity index (χ1n) is 6.07. The molecule has 1 aliphatic rings. The number of piperidine rings is 1. The minimum atomic E-state index is -3.46. The Labute approximate surface area is 108 Å². The number of benzene rings is 1. The third-order valence-corrected chi connectivity index (χ3v) is 5.44. The van der Waals surface area contributed by atoms with Gasteiger partial charge in [-0.25, -0.2) is 12.8 Å². The minimum absolute atomic E-state index is 0.170. The van der Waals surface area contributed by atoms with Crippen LogP contribution < -0.4 is 0 Å². The molecule has 0 spiro atoms. The zero-order chi connectivity index (χ0) is 13.4. The summed E-state index contributed by atoms with van der Waals surface area (Å²) in [5, 5.41) is 0. The van der Waals surface area contributed by atoms with Crippen molar-refractivity contribution in [1.82, 2.24) is 4.31 Å². The maximum Gasteiger partial charge on any atom is 0.243 e. The third-order valence-electron chi connectivity index (χ3n) is 3.53. The average Bonchev–Trinajstić information content (AvgIpc) is 2.29. The van der Waals surface area contributed by atoms with E-state index in [0.717, 1.165) is 12.8 Å². The summed E-state index contributed by atoms with van der Waals surface area (Å²) in [5.74, 6) is -0.422. The van der Waals surface area contributed by atoms with Gasteiger partial charge in [0.1, 0.15) is 5.82 Å². The summed E-state index contributed by atoms with van der Waals surface area (Å²) in [5.41, 5.74) is 0.203. The normalized spacial score (nSPS) is 20.8. The van der Waals surface area contributed by atoms with Gasteiger partial charge in [0.05, 0.1) is 4.90 Å². The molecule has 0 radical (unpaired) electrons. The maximum absolute atomic E-state index is 12.8. The van der Waals surface area contributed by atoms with Gasteiger partial charge in [-0.15, -0.1) is 0 Å². The van der Waals surface area contributed by atoms with E-state index in [9.17, 15) is 12.8 Å². The monoisotopic (exact) mass is 271 g/mol. The molecule has 1 aromatic rings. The highest BCUT2D eigenvalue weighted by Crippen LogP contribution is 2.32. The molecule has 0 aromatic heterocycles. The van der Waals surface area contributed by atoms with E-state index < -0.39 is 15.8 Å². The lowest BCUT2D eigenvalue weighted by molar-refractivity contribution is 0.196. The fraction of sp³-hybridized carbons (Fsp3) is 0.538. The highest BCUT2D eigenvalue weighted by molar-refractivity contribution is 7.89. The SMILES string of the molecule is CC1(C)CCN(S(=O)(=O)c2ccc(F)cc2)CC1. The van der Waals surface area contributed by atoms with Crippen molar-refractivity contribution in [3.63, 3.8) is 0 Å². The Hall–Kier alpha value is -0.940. The van der Waals surface area contributed by atoms with E-state index in [0.29, 0.717) is 13.1 Å². The Bertz CT molecular complexity index is 512. The molecule has 0 unspecified atom stereocenters. The number of hydrogen-bond donors (Lipinski definition) is 0. The molecule has 1 fully saturated rings. The average molecular weight is 271 g/mol. The second-order valence-electron chi connectivity index (χ2n) is 5.52. The molecular formula is C13H18FNO2S. The van der Waals surface area contributed by atoms with E-state index in [4.69, 9.17) is 0 Å². The quantitative estimate of drug-likeness (QED) is 0.829. The van der Waals surface area contributed by atoms with Crippen LogP contribution in [0, 0.1) is 11.2 Å². The molecule has 5 heteroatoms. The molecule has 0 atom stereocenters. The Balaban J connectivity index is 2.20. The first-order valence-corrected chi connectivity index (χ1v) is 7.51. The number of rotatable bonds is 2. The predicted molar refractivity (Wildman–Crippen MR) is 68.2 cm³/mol. The molecule has 0 amide bonds. The summed E-state index contributed by atoms with van der Waals surface area (Å²) in [4.78, 5) is 0.170. The molecule has 1 aromatic carbocycles. The van der Waals surface area contributed by atoms with Crippen LogP contribution >= 0.6 is 0 Å². The molecule has 0 N–H and O–H groups in total. The van der Waals surface area contributed by atoms with E-state index in [1.165, 1.54) is 28.6 Å². The number of halogens is 1. The molecule has 1 aliphatic heterocycles. The maximum atomic E-state index is 12.8. The van der Waals surface area contributed by atoms with Crippen molar-refractivity contribution >= 4 is 10.0 Å². The molecule has 100 valence electrons. The summed E-state index contributed by atoms with van der Waals surface area (Å²) in [6.45, 7) is 5.36. The van der Waals surface area contributed by atoms with Gasteiger partial charge in [-0.05, 0) is 42.5 Å². The molecular weight excluding hydrogens is 253 g/mol. The molecule has 1 saturated heterocycles. The molecule has 0 bridgehead atoms. The van der Waals surface area contributed by atoms with E-state index in [1.54, 1.807) is 0 Å². The van der Waals surface area contributed by atoms with Crippen LogP contribution in [0.2, 0.25) is 0 Å². The second kappa shape index (κ2) is 4.63. The van der Waals surface area contributed by atoms with Crippen molar-refractivity contribution in [3.05, 3.63) is 30.1 Å². The number of hydrogen-bond acceptors (Lipinski definition) is 2. The van der Waals surface area contributed by atoms with Crippen molar-refractivity contribution < 1.29 is 12.8 Å². The van der Waals surface area contributed by atoms with E-state index in [2.05, 4.69) is 13.8 Å². The van der Waals surface area contributed by atoms with Crippen LogP contribution in [0.4, 0.5) is 4.39 Å². The number of sulfonamides is 1. The van der Waals surface area contributed by atoms with E-state index in [1.807, 2.05) is 0 Å². The lowest BCUT2D eigenvalue weighted by Gasteiger charge is -2.36. The van der Waals surface area contributed by atoms with Crippen LogP contribution in [0.3, 0.4) is 0 Å². The van der Waals surface area contributed by atoms with Crippen molar-refractivity contribution in [3.8, 4) is 0 Å². The van der Waals surface area contributed by atoms with Crippen LogP contribution in [0.25, 0.3) is 0 Å². The Morgan fingerprint density at radius 3 is 2.11 bits per heavy atom. The zero-order valence-corrected chi connectivity index (χ0v) is 11.5. The number of nitrogens with zero attached hydrogens (tertiary/aromatic N) is 1. The van der Waals surface area contributed by atoms with Crippen LogP contribution in [0.1, 0.15) is 26.7 Å². The van der Waals surface area contributed by atoms with Gasteiger partial charge in [-0.2, -0.15) is 4.31 Å². The van der Waals surface area contributed by atoms with Gasteiger partial charge in [-0.1, -0.05) is 13.8 Å². The Morgan fingerprint density at radius 2 is 1.61 bits per heavy atom. The van der Waals surface area contributed by atoms with Crippen LogP contribution in [-0.4, -0.2) is 25.8 Å². The standard InChI is InChI=1S/C13H18FNO2S/c1-13(2)7-9-15(10-8-13)18(16,17)12-5-3-11(14)4-6-12/h3-6H,7-10H2,1-2H3. The second-order valence-corrected chi connectivity index (χ2v) is 7.46. The largest absolute Gasteiger partial charge is 0.243 e. The first-order chi connectivity index (χ1) is 8.31. The minimum Gasteiger partial charge on any atom is -0.207 e. The molecule has 2 rings (SSSR count). The van der Waals surface area contributed by atoms with Gasteiger partial charge in [0.2, 0.25) is 10.0 Å². The Kier molecular flexibility index (Phi) is 3.47. The van der Waals surface area contributed by atoms with Crippen molar-refractivity contribution in [2.75, 3.05) is 13.1 Å². The van der Waals surface area contributed by atoms with Gasteiger partial charge >= 0.3 is 0 Å². The molecule has 1 heterocycles. The van der Waals surface area contributed by atoms with Gasteiger partial charge < -0.3 is 0 Å². The van der Waals surface area contributed by atoms with E-state index in [-0.39, 0.29) is 10.3 Å². The molecule has 0 saturated carbocycles. The Morgan fingerprint density at radius 1 is 1.11 bits per heavy atom. The van der Waals surface area contributed by atoms with Gasteiger partial charge in [0.25, 0.3) is 0 Å².